The predicted octanol–water partition coefficient (Wildman–Crippen LogP) is 1.69. The predicted molar refractivity (Wildman–Crippen MR) is 50.5 cm³/mol. The van der Waals surface area contributed by atoms with Crippen molar-refractivity contribution in [1.82, 2.24) is 4.57 Å². The van der Waals surface area contributed by atoms with E-state index >= 15 is 0 Å². The Kier molecular flexibility index (Phi) is 3.06. The lowest BCUT2D eigenvalue weighted by Gasteiger charge is -2.12. The van der Waals surface area contributed by atoms with Gasteiger partial charge in [-0.3, -0.25) is 4.79 Å². The van der Waals surface area contributed by atoms with Gasteiger partial charge in [0.25, 0.3) is 5.56 Å². The van der Waals surface area contributed by atoms with Crippen molar-refractivity contribution in [2.45, 2.75) is 26.1 Å². The summed E-state index contributed by atoms with van der Waals surface area (Å²) in [4.78, 5) is 11.2. The van der Waals surface area contributed by atoms with E-state index in [-0.39, 0.29) is 6.54 Å². The van der Waals surface area contributed by atoms with Gasteiger partial charge >= 0.3 is 6.18 Å². The number of nitrogen functional groups attached to an aromatic ring is 1. The first-order valence-electron chi connectivity index (χ1n) is 4.34. The lowest BCUT2D eigenvalue weighted by atomic mass is 10.3. The van der Waals surface area contributed by atoms with E-state index in [0.717, 1.165) is 4.57 Å². The second-order valence-electron chi connectivity index (χ2n) is 3.23. The molecule has 0 amide bonds. The van der Waals surface area contributed by atoms with Crippen LogP contribution in [-0.2, 0) is 6.54 Å². The highest BCUT2D eigenvalue weighted by Gasteiger charge is 2.27. The number of anilines is 1. The van der Waals surface area contributed by atoms with E-state index in [1.807, 2.05) is 0 Å². The summed E-state index contributed by atoms with van der Waals surface area (Å²) in [6.45, 7) is 1.13. The molecule has 1 heterocycles. The lowest BCUT2D eigenvalue weighted by molar-refractivity contribution is -0.136. The van der Waals surface area contributed by atoms with Gasteiger partial charge in [-0.15, -0.1) is 0 Å². The Balaban J connectivity index is 2.95. The third kappa shape index (κ3) is 3.00. The Morgan fingerprint density at radius 1 is 1.40 bits per heavy atom. The minimum atomic E-state index is -4.27. The van der Waals surface area contributed by atoms with Gasteiger partial charge in [-0.25, -0.2) is 0 Å². The molecule has 0 atom stereocenters. The molecule has 1 aromatic heterocycles. The Morgan fingerprint density at radius 2 is 2.00 bits per heavy atom. The summed E-state index contributed by atoms with van der Waals surface area (Å²) in [6.07, 6.45) is -5.30. The summed E-state index contributed by atoms with van der Waals surface area (Å²) in [5.74, 6) is 0. The summed E-state index contributed by atoms with van der Waals surface area (Å²) < 4.78 is 36.9. The molecule has 84 valence electrons. The van der Waals surface area contributed by atoms with Crippen molar-refractivity contribution in [1.29, 1.82) is 0 Å². The van der Waals surface area contributed by atoms with E-state index in [4.69, 9.17) is 5.73 Å². The Labute approximate surface area is 84.3 Å². The highest BCUT2D eigenvalue weighted by atomic mass is 19.4. The van der Waals surface area contributed by atoms with Crippen molar-refractivity contribution in [3.63, 3.8) is 0 Å². The maximum absolute atomic E-state index is 12.0. The van der Waals surface area contributed by atoms with Crippen molar-refractivity contribution < 1.29 is 13.2 Å². The average Bonchev–Trinajstić information content (AvgIpc) is 2.10. The van der Waals surface area contributed by atoms with Gasteiger partial charge in [0, 0.05) is 18.3 Å². The van der Waals surface area contributed by atoms with Crippen LogP contribution in [0.5, 0.6) is 0 Å². The minimum absolute atomic E-state index is 0.316. The number of hydrogen-bond acceptors (Lipinski definition) is 2. The number of hydrogen-bond donors (Lipinski definition) is 1. The first kappa shape index (κ1) is 11.6. The largest absolute Gasteiger partial charge is 0.397 e. The molecule has 0 radical (unpaired) electrons. The fourth-order valence-electron chi connectivity index (χ4n) is 1.21. The zero-order valence-electron chi connectivity index (χ0n) is 8.14. The smallest absolute Gasteiger partial charge is 0.390 e. The van der Waals surface area contributed by atoms with E-state index in [0.29, 0.717) is 11.4 Å². The Hall–Kier alpha value is -1.46. The van der Waals surface area contributed by atoms with Crippen LogP contribution in [0.1, 0.15) is 12.1 Å². The minimum Gasteiger partial charge on any atom is -0.397 e. The average molecular weight is 220 g/mol. The van der Waals surface area contributed by atoms with Crippen LogP contribution >= 0.6 is 0 Å². The lowest BCUT2D eigenvalue weighted by Crippen LogP contribution is -2.25. The van der Waals surface area contributed by atoms with Crippen molar-refractivity contribution in [3.8, 4) is 0 Å². The van der Waals surface area contributed by atoms with Crippen LogP contribution in [0.25, 0.3) is 0 Å². The molecule has 0 spiro atoms. The maximum Gasteiger partial charge on any atom is 0.390 e. The molecule has 3 nitrogen and oxygen atoms in total. The van der Waals surface area contributed by atoms with Crippen molar-refractivity contribution in [2.24, 2.45) is 0 Å². The number of pyridine rings is 1. The first-order chi connectivity index (χ1) is 6.81. The summed E-state index contributed by atoms with van der Waals surface area (Å²) >= 11 is 0. The van der Waals surface area contributed by atoms with Crippen LogP contribution in [-0.4, -0.2) is 10.7 Å². The zero-order chi connectivity index (χ0) is 11.6. The van der Waals surface area contributed by atoms with Crippen LogP contribution in [0.3, 0.4) is 0 Å². The highest BCUT2D eigenvalue weighted by Crippen LogP contribution is 2.20. The number of rotatable bonds is 2. The number of halogens is 3. The zero-order valence-corrected chi connectivity index (χ0v) is 8.14. The summed E-state index contributed by atoms with van der Waals surface area (Å²) in [6, 6.07) is 2.56. The van der Waals surface area contributed by atoms with Crippen molar-refractivity contribution >= 4 is 5.69 Å². The Bertz CT molecular complexity index is 409. The van der Waals surface area contributed by atoms with Gasteiger partial charge in [-0.2, -0.15) is 13.2 Å². The molecule has 0 saturated heterocycles. The van der Waals surface area contributed by atoms with E-state index < -0.39 is 18.2 Å². The molecule has 0 fully saturated rings. The molecule has 0 aliphatic rings. The van der Waals surface area contributed by atoms with E-state index in [1.165, 1.54) is 19.1 Å². The summed E-state index contributed by atoms with van der Waals surface area (Å²) in [7, 11) is 0. The molecule has 0 unspecified atom stereocenters. The van der Waals surface area contributed by atoms with Gasteiger partial charge in [0.1, 0.15) is 0 Å². The first-order valence-corrected chi connectivity index (χ1v) is 4.34. The third-order valence-corrected chi connectivity index (χ3v) is 2.11. The second-order valence-corrected chi connectivity index (χ2v) is 3.23. The SMILES string of the molecule is Cc1c(N)ccc(=O)n1CCC(F)(F)F. The molecule has 0 bridgehead atoms. The van der Waals surface area contributed by atoms with E-state index in [1.54, 1.807) is 0 Å². The van der Waals surface area contributed by atoms with E-state index in [2.05, 4.69) is 0 Å². The number of aromatic nitrogens is 1. The van der Waals surface area contributed by atoms with Crippen LogP contribution in [0, 0.1) is 6.92 Å². The topological polar surface area (TPSA) is 48.0 Å². The van der Waals surface area contributed by atoms with Gasteiger partial charge < -0.3 is 10.3 Å². The normalized spacial score (nSPS) is 11.7. The number of alkyl halides is 3. The quantitative estimate of drug-likeness (QED) is 0.824. The van der Waals surface area contributed by atoms with Crippen molar-refractivity contribution in [2.75, 3.05) is 5.73 Å². The molecular formula is C9H11F3N2O. The molecule has 2 N–H and O–H groups in total. The third-order valence-electron chi connectivity index (χ3n) is 2.11. The Morgan fingerprint density at radius 3 is 2.53 bits per heavy atom. The number of nitrogens with two attached hydrogens (primary N) is 1. The number of nitrogens with zero attached hydrogens (tertiary/aromatic N) is 1. The van der Waals surface area contributed by atoms with Gasteiger partial charge in [0.05, 0.1) is 12.1 Å². The summed E-state index contributed by atoms with van der Waals surface area (Å²) in [5, 5.41) is 0. The van der Waals surface area contributed by atoms with Gasteiger partial charge in [-0.05, 0) is 13.0 Å². The molecule has 6 heteroatoms. The van der Waals surface area contributed by atoms with Crippen LogP contribution in [0.15, 0.2) is 16.9 Å². The summed E-state index contributed by atoms with van der Waals surface area (Å²) in [5.41, 5.74) is 5.70. The molecule has 0 saturated carbocycles. The maximum atomic E-state index is 12.0. The van der Waals surface area contributed by atoms with Gasteiger partial charge in [0.2, 0.25) is 0 Å². The fourth-order valence-corrected chi connectivity index (χ4v) is 1.21. The fraction of sp³-hybridized carbons (Fsp3) is 0.444. The standard InChI is InChI=1S/C9H11F3N2O/c1-6-7(13)2-3-8(15)14(6)5-4-9(10,11)12/h2-3H,4-5,13H2,1H3. The molecule has 1 aromatic rings. The van der Waals surface area contributed by atoms with Crippen LogP contribution < -0.4 is 11.3 Å². The molecule has 0 aliphatic carbocycles. The molecule has 15 heavy (non-hydrogen) atoms. The monoisotopic (exact) mass is 220 g/mol. The highest BCUT2D eigenvalue weighted by molar-refractivity contribution is 5.41. The van der Waals surface area contributed by atoms with Crippen LogP contribution in [0.4, 0.5) is 18.9 Å². The molecule has 1 rings (SSSR count). The van der Waals surface area contributed by atoms with Crippen molar-refractivity contribution in [3.05, 3.63) is 28.2 Å². The second kappa shape index (κ2) is 3.96. The van der Waals surface area contributed by atoms with E-state index in [9.17, 15) is 18.0 Å². The van der Waals surface area contributed by atoms with Gasteiger partial charge in [-0.1, -0.05) is 0 Å². The molecule has 0 aromatic carbocycles. The van der Waals surface area contributed by atoms with Crippen LogP contribution in [0.2, 0.25) is 0 Å². The van der Waals surface area contributed by atoms with Gasteiger partial charge in [0.15, 0.2) is 0 Å². The molecule has 0 aliphatic heterocycles. The molecular weight excluding hydrogens is 209 g/mol.